The summed E-state index contributed by atoms with van der Waals surface area (Å²) in [7, 11) is -4.67. The van der Waals surface area contributed by atoms with Crippen LogP contribution in [0.15, 0.2) is 22.1 Å². The van der Waals surface area contributed by atoms with Gasteiger partial charge in [0.05, 0.1) is 0 Å². The number of hydrogen-bond donors (Lipinski definition) is 6. The summed E-state index contributed by atoms with van der Waals surface area (Å²) in [6, 6.07) is 3.24. The number of nitrogens with zero attached hydrogens (tertiary/aromatic N) is 6. The van der Waals surface area contributed by atoms with Gasteiger partial charge in [-0.1, -0.05) is 23.2 Å². The Kier molecular flexibility index (Phi) is 10.7. The number of guanidine groups is 2. The second-order valence-corrected chi connectivity index (χ2v) is 6.46. The molecule has 2 heterocycles. The average Bonchev–Trinajstić information content (AvgIpc) is 2.41. The van der Waals surface area contributed by atoms with Crippen molar-refractivity contribution in [3.8, 4) is 0 Å². The quantitative estimate of drug-likeness (QED) is 0.147. The highest BCUT2D eigenvalue weighted by molar-refractivity contribution is 7.79. The topological polar surface area (TPSA) is 255 Å². The minimum absolute atomic E-state index is 0.0864. The normalized spacial score (nSPS) is 9.86. The van der Waals surface area contributed by atoms with E-state index in [4.69, 9.17) is 63.7 Å². The van der Waals surface area contributed by atoms with Gasteiger partial charge in [0.2, 0.25) is 0 Å². The van der Waals surface area contributed by atoms with Crippen LogP contribution in [-0.2, 0) is 10.4 Å². The molecular formula is C12H18Cl2N10O4S. The smallest absolute Gasteiger partial charge is 0.370 e. The zero-order valence-electron chi connectivity index (χ0n) is 15.0. The van der Waals surface area contributed by atoms with Gasteiger partial charge >= 0.3 is 10.4 Å². The lowest BCUT2D eigenvalue weighted by Gasteiger charge is -1.96. The van der Waals surface area contributed by atoms with Crippen LogP contribution in [0.1, 0.15) is 11.4 Å². The SMILES string of the molecule is Cc1cc(Cl)nc(N=C(N)N)n1.Cc1cc(Cl)nc(N=C(N)N)n1.O=S(=O)(O)O. The third kappa shape index (κ3) is 15.9. The summed E-state index contributed by atoms with van der Waals surface area (Å²) < 4.78 is 31.6. The van der Waals surface area contributed by atoms with Crippen molar-refractivity contribution >= 4 is 57.4 Å². The second-order valence-electron chi connectivity index (χ2n) is 4.79. The Morgan fingerprint density at radius 1 is 0.828 bits per heavy atom. The summed E-state index contributed by atoms with van der Waals surface area (Å²) in [4.78, 5) is 22.7. The highest BCUT2D eigenvalue weighted by Crippen LogP contribution is 2.12. The first kappa shape index (κ1) is 26.1. The van der Waals surface area contributed by atoms with E-state index in [2.05, 4.69) is 29.9 Å². The van der Waals surface area contributed by atoms with Crippen LogP contribution in [0.25, 0.3) is 0 Å². The molecule has 29 heavy (non-hydrogen) atoms. The van der Waals surface area contributed by atoms with E-state index < -0.39 is 10.4 Å². The van der Waals surface area contributed by atoms with Crippen LogP contribution < -0.4 is 22.9 Å². The molecule has 0 spiro atoms. The molecule has 0 aliphatic rings. The van der Waals surface area contributed by atoms with Gasteiger partial charge < -0.3 is 22.9 Å². The lowest BCUT2D eigenvalue weighted by molar-refractivity contribution is 0.381. The molecule has 0 aliphatic heterocycles. The van der Waals surface area contributed by atoms with Crippen LogP contribution in [0.3, 0.4) is 0 Å². The number of aromatic nitrogens is 4. The Morgan fingerprint density at radius 2 is 1.10 bits per heavy atom. The van der Waals surface area contributed by atoms with Crippen LogP contribution >= 0.6 is 23.2 Å². The number of rotatable bonds is 2. The molecule has 0 amide bonds. The van der Waals surface area contributed by atoms with Gasteiger partial charge in [-0.05, 0) is 26.0 Å². The first-order valence-corrected chi connectivity index (χ1v) is 9.22. The molecule has 2 aromatic rings. The molecule has 0 bridgehead atoms. The van der Waals surface area contributed by atoms with Crippen LogP contribution in [0.5, 0.6) is 0 Å². The van der Waals surface area contributed by atoms with E-state index in [9.17, 15) is 0 Å². The van der Waals surface area contributed by atoms with Crippen molar-refractivity contribution in [2.24, 2.45) is 32.9 Å². The van der Waals surface area contributed by atoms with Gasteiger partial charge in [-0.25, -0.2) is 9.97 Å². The molecule has 0 saturated carbocycles. The minimum atomic E-state index is -4.67. The molecule has 2 rings (SSSR count). The molecule has 0 aromatic carbocycles. The van der Waals surface area contributed by atoms with Crippen molar-refractivity contribution in [2.75, 3.05) is 0 Å². The van der Waals surface area contributed by atoms with Gasteiger partial charge in [0.15, 0.2) is 11.9 Å². The molecule has 0 radical (unpaired) electrons. The summed E-state index contributed by atoms with van der Waals surface area (Å²) in [6.45, 7) is 3.55. The number of aliphatic imine (C=N–C) groups is 2. The fourth-order valence-corrected chi connectivity index (χ4v) is 1.83. The molecule has 10 N–H and O–H groups in total. The molecule has 2 aromatic heterocycles. The fourth-order valence-electron chi connectivity index (χ4n) is 1.36. The second kappa shape index (κ2) is 11.9. The van der Waals surface area contributed by atoms with Crippen molar-refractivity contribution in [1.82, 2.24) is 19.9 Å². The highest BCUT2D eigenvalue weighted by atomic mass is 35.5. The lowest BCUT2D eigenvalue weighted by atomic mass is 10.5. The molecule has 160 valence electrons. The van der Waals surface area contributed by atoms with Crippen LogP contribution in [0, 0.1) is 13.8 Å². The van der Waals surface area contributed by atoms with Crippen molar-refractivity contribution in [1.29, 1.82) is 0 Å². The zero-order valence-corrected chi connectivity index (χ0v) is 17.4. The maximum atomic E-state index is 8.74. The zero-order chi connectivity index (χ0) is 22.8. The largest absolute Gasteiger partial charge is 0.394 e. The Balaban J connectivity index is 0.000000442. The Hall–Kier alpha value is -2.85. The first-order chi connectivity index (χ1) is 13.2. The van der Waals surface area contributed by atoms with E-state index >= 15 is 0 Å². The summed E-state index contributed by atoms with van der Waals surface area (Å²) >= 11 is 11.3. The molecular weight excluding hydrogens is 451 g/mol. The van der Waals surface area contributed by atoms with Crippen molar-refractivity contribution in [3.63, 3.8) is 0 Å². The van der Waals surface area contributed by atoms with E-state index in [1.54, 1.807) is 26.0 Å². The van der Waals surface area contributed by atoms with E-state index in [0.717, 1.165) is 11.4 Å². The standard InChI is InChI=1S/2C6H8ClN5.H2O4S/c2*1-3-2-4(7)11-6(10-3)12-5(8)9;1-5(2,3)4/h2*2H,1H3,(H4,8,9,10,11,12);(H2,1,2,3,4). The predicted octanol–water partition coefficient (Wildman–Crippen LogP) is 0.0338. The summed E-state index contributed by atoms with van der Waals surface area (Å²) in [5, 5.41) is 0.644. The number of halogens is 2. The maximum Gasteiger partial charge on any atom is 0.394 e. The summed E-state index contributed by atoms with van der Waals surface area (Å²) in [5.74, 6) is 0.188. The fraction of sp³-hybridized carbons (Fsp3) is 0.167. The third-order valence-electron chi connectivity index (χ3n) is 2.08. The number of hydrogen-bond acceptors (Lipinski definition) is 8. The summed E-state index contributed by atoms with van der Waals surface area (Å²) in [6.07, 6.45) is 0. The van der Waals surface area contributed by atoms with E-state index in [-0.39, 0.29) is 23.8 Å². The van der Waals surface area contributed by atoms with Gasteiger partial charge in [-0.15, -0.1) is 0 Å². The Labute approximate surface area is 175 Å². The Bertz CT molecular complexity index is 878. The van der Waals surface area contributed by atoms with Crippen molar-refractivity contribution < 1.29 is 17.5 Å². The molecule has 0 saturated heterocycles. The molecule has 0 atom stereocenters. The molecule has 0 unspecified atom stereocenters. The average molecular weight is 469 g/mol. The summed E-state index contributed by atoms with van der Waals surface area (Å²) in [5.41, 5.74) is 22.0. The highest BCUT2D eigenvalue weighted by Gasteiger charge is 1.99. The van der Waals surface area contributed by atoms with Gasteiger partial charge in [-0.2, -0.15) is 28.4 Å². The van der Waals surface area contributed by atoms with Gasteiger partial charge in [0.1, 0.15) is 10.3 Å². The van der Waals surface area contributed by atoms with Crippen molar-refractivity contribution in [3.05, 3.63) is 33.8 Å². The van der Waals surface area contributed by atoms with Crippen LogP contribution in [0.4, 0.5) is 11.9 Å². The van der Waals surface area contributed by atoms with Gasteiger partial charge in [0.25, 0.3) is 11.9 Å². The van der Waals surface area contributed by atoms with Gasteiger partial charge in [-0.3, -0.25) is 9.11 Å². The molecule has 0 fully saturated rings. The molecule has 17 heteroatoms. The van der Waals surface area contributed by atoms with Crippen LogP contribution in [-0.4, -0.2) is 49.4 Å². The lowest BCUT2D eigenvalue weighted by Crippen LogP contribution is -2.22. The number of nitrogens with two attached hydrogens (primary N) is 4. The maximum absolute atomic E-state index is 8.74. The predicted molar refractivity (Wildman–Crippen MR) is 109 cm³/mol. The minimum Gasteiger partial charge on any atom is -0.370 e. The number of aryl methyl sites for hydroxylation is 2. The van der Waals surface area contributed by atoms with E-state index in [1.807, 2.05) is 0 Å². The van der Waals surface area contributed by atoms with E-state index in [0.29, 0.717) is 10.3 Å². The third-order valence-corrected chi connectivity index (χ3v) is 2.47. The van der Waals surface area contributed by atoms with Crippen molar-refractivity contribution in [2.45, 2.75) is 13.8 Å². The van der Waals surface area contributed by atoms with Gasteiger partial charge in [0, 0.05) is 11.4 Å². The molecule has 0 aliphatic carbocycles. The van der Waals surface area contributed by atoms with E-state index in [1.165, 1.54) is 0 Å². The molecule has 14 nitrogen and oxygen atoms in total. The first-order valence-electron chi connectivity index (χ1n) is 7.07. The van der Waals surface area contributed by atoms with Crippen LogP contribution in [0.2, 0.25) is 10.3 Å². The Morgan fingerprint density at radius 3 is 1.31 bits per heavy atom. The monoisotopic (exact) mass is 468 g/mol.